The molecule has 1 saturated heterocycles. The fourth-order valence-corrected chi connectivity index (χ4v) is 9.48. The van der Waals surface area contributed by atoms with Crippen molar-refractivity contribution in [3.05, 3.63) is 44.4 Å². The first-order valence-corrected chi connectivity index (χ1v) is 12.3. The van der Waals surface area contributed by atoms with Gasteiger partial charge in [0.1, 0.15) is 11.8 Å². The second-order valence-corrected chi connectivity index (χ2v) is 11.3. The summed E-state index contributed by atoms with van der Waals surface area (Å²) in [7, 11) is 0. The number of carbonyl (C=O) groups is 3. The number of likely N-dealkylation sites (tertiary alicyclic amines) is 1. The number of carboxylic acids is 1. The highest BCUT2D eigenvalue weighted by Gasteiger charge is 2.70. The molecule has 2 bridgehead atoms. The summed E-state index contributed by atoms with van der Waals surface area (Å²) in [6.45, 7) is 1.38. The van der Waals surface area contributed by atoms with Gasteiger partial charge < -0.3 is 15.2 Å². The highest BCUT2D eigenvalue weighted by atomic mass is 32.2. The molecule has 0 radical (unpaired) electrons. The maximum atomic E-state index is 13.3. The Morgan fingerprint density at radius 1 is 1.12 bits per heavy atom. The van der Waals surface area contributed by atoms with E-state index >= 15 is 0 Å². The summed E-state index contributed by atoms with van der Waals surface area (Å²) in [4.78, 5) is 54.9. The van der Waals surface area contributed by atoms with Crippen LogP contribution in [0.15, 0.2) is 34.1 Å². The predicted octanol–water partition coefficient (Wildman–Crippen LogP) is 2.09. The molecule has 2 aromatic rings. The number of aromatic nitrogens is 1. The molecular weight excluding hydrogens is 452 g/mol. The van der Waals surface area contributed by atoms with Gasteiger partial charge >= 0.3 is 10.8 Å². The van der Waals surface area contributed by atoms with Gasteiger partial charge in [-0.15, -0.1) is 11.8 Å². The maximum absolute atomic E-state index is 13.3. The molecule has 8 atom stereocenters. The van der Waals surface area contributed by atoms with Crippen molar-refractivity contribution in [1.82, 2.24) is 9.88 Å². The van der Waals surface area contributed by atoms with Crippen LogP contribution in [0.5, 0.6) is 5.75 Å². The zero-order valence-corrected chi connectivity index (χ0v) is 18.6. The van der Waals surface area contributed by atoms with Crippen molar-refractivity contribution in [2.45, 2.75) is 35.6 Å². The van der Waals surface area contributed by atoms with Gasteiger partial charge in [-0.1, -0.05) is 23.5 Å². The van der Waals surface area contributed by atoms with Crippen LogP contribution in [0.1, 0.15) is 29.7 Å². The number of fused-ring (bicyclic) bond motifs is 9. The fourth-order valence-electron chi connectivity index (χ4n) is 6.59. The number of rotatable bonds is 3. The van der Waals surface area contributed by atoms with Gasteiger partial charge in [0.25, 0.3) is 0 Å². The topological polar surface area (TPSA) is 128 Å². The molecule has 1 aromatic carbocycles. The van der Waals surface area contributed by atoms with Gasteiger partial charge in [0.05, 0.1) is 16.9 Å². The van der Waals surface area contributed by atoms with Crippen molar-refractivity contribution in [1.29, 1.82) is 0 Å². The Balaban J connectivity index is 1.45. The van der Waals surface area contributed by atoms with E-state index in [4.69, 9.17) is 0 Å². The first-order valence-electron chi connectivity index (χ1n) is 10.6. The number of thiazole rings is 1. The Bertz CT molecular complexity index is 1220. The van der Waals surface area contributed by atoms with Crippen LogP contribution in [0.4, 0.5) is 0 Å². The molecule has 3 heterocycles. The van der Waals surface area contributed by atoms with Crippen LogP contribution in [-0.2, 0) is 14.4 Å². The fraction of sp³-hybridized carbons (Fsp3) is 0.455. The van der Waals surface area contributed by atoms with Crippen molar-refractivity contribution in [3.63, 3.8) is 0 Å². The lowest BCUT2D eigenvalue weighted by molar-refractivity contribution is -0.154. The van der Waals surface area contributed by atoms with Gasteiger partial charge in [0.2, 0.25) is 11.8 Å². The number of carboxylic acid groups (broad SMARTS) is 1. The number of carbonyl (C=O) groups excluding carboxylic acids is 2. The van der Waals surface area contributed by atoms with Gasteiger partial charge in [-0.25, -0.2) is 4.79 Å². The number of aromatic amines is 1. The van der Waals surface area contributed by atoms with Crippen LogP contribution >= 0.6 is 23.1 Å². The van der Waals surface area contributed by atoms with Gasteiger partial charge in [0, 0.05) is 16.0 Å². The van der Waals surface area contributed by atoms with E-state index in [9.17, 15) is 29.4 Å². The van der Waals surface area contributed by atoms with E-state index in [0.717, 1.165) is 26.8 Å². The lowest BCUT2D eigenvalue weighted by atomic mass is 9.68. The van der Waals surface area contributed by atoms with E-state index in [1.165, 1.54) is 18.3 Å². The Kier molecular flexibility index (Phi) is 4.20. The molecule has 1 aromatic heterocycles. The first-order chi connectivity index (χ1) is 15.3. The van der Waals surface area contributed by atoms with Crippen LogP contribution in [0.25, 0.3) is 0 Å². The molecule has 2 aliphatic heterocycles. The molecule has 6 rings (SSSR count). The van der Waals surface area contributed by atoms with Crippen LogP contribution in [0.3, 0.4) is 0 Å². The van der Waals surface area contributed by atoms with Crippen LogP contribution in [-0.4, -0.2) is 49.2 Å². The summed E-state index contributed by atoms with van der Waals surface area (Å²) in [5.41, 5.74) is 0.964. The molecule has 10 heteroatoms. The number of amides is 2. The average molecular weight is 473 g/mol. The highest BCUT2D eigenvalue weighted by Crippen LogP contribution is 2.68. The second-order valence-electron chi connectivity index (χ2n) is 9.11. The van der Waals surface area contributed by atoms with E-state index in [-0.39, 0.29) is 51.4 Å². The minimum atomic E-state index is -1.19. The van der Waals surface area contributed by atoms with Gasteiger partial charge in [0.15, 0.2) is 0 Å². The third-order valence-corrected chi connectivity index (χ3v) is 10.3. The Morgan fingerprint density at radius 3 is 2.44 bits per heavy atom. The van der Waals surface area contributed by atoms with E-state index in [0.29, 0.717) is 0 Å². The van der Waals surface area contributed by atoms with E-state index in [1.54, 1.807) is 23.9 Å². The van der Waals surface area contributed by atoms with Crippen molar-refractivity contribution < 1.29 is 24.6 Å². The largest absolute Gasteiger partial charge is 0.508 e. The molecule has 0 unspecified atom stereocenters. The van der Waals surface area contributed by atoms with E-state index < -0.39 is 23.8 Å². The van der Waals surface area contributed by atoms with Crippen LogP contribution < -0.4 is 4.87 Å². The molecule has 2 saturated carbocycles. The Morgan fingerprint density at radius 2 is 1.78 bits per heavy atom. The zero-order valence-electron chi connectivity index (χ0n) is 16.9. The predicted molar refractivity (Wildman–Crippen MR) is 116 cm³/mol. The molecule has 4 aliphatic rings. The summed E-state index contributed by atoms with van der Waals surface area (Å²) in [5.74, 6) is -2.95. The minimum absolute atomic E-state index is 0.0430. The molecule has 2 aliphatic carbocycles. The number of hydrogen-bond donors (Lipinski definition) is 3. The van der Waals surface area contributed by atoms with Crippen molar-refractivity contribution in [2.24, 2.45) is 29.6 Å². The number of benzene rings is 1. The van der Waals surface area contributed by atoms with Crippen molar-refractivity contribution in [3.8, 4) is 5.75 Å². The van der Waals surface area contributed by atoms with Crippen LogP contribution in [0.2, 0.25) is 0 Å². The van der Waals surface area contributed by atoms with E-state index in [2.05, 4.69) is 4.98 Å². The number of hydrogen-bond acceptors (Lipinski definition) is 7. The Hall–Kier alpha value is -2.59. The molecule has 3 fully saturated rings. The van der Waals surface area contributed by atoms with Gasteiger partial charge in [-0.3, -0.25) is 19.3 Å². The van der Waals surface area contributed by atoms with Crippen molar-refractivity contribution >= 4 is 40.9 Å². The number of aromatic hydroxyl groups is 1. The number of nitrogens with zero attached hydrogens (tertiary/aromatic N) is 1. The lowest BCUT2D eigenvalue weighted by Crippen LogP contribution is -2.44. The Labute approximate surface area is 190 Å². The summed E-state index contributed by atoms with van der Waals surface area (Å²) in [6, 6.07) is 5.77. The number of nitrogens with one attached hydrogen (secondary N) is 1. The molecule has 166 valence electrons. The number of thioether (sulfide) groups is 1. The average Bonchev–Trinajstić information content (AvgIpc) is 3.47. The highest BCUT2D eigenvalue weighted by molar-refractivity contribution is 8.00. The third-order valence-electron chi connectivity index (χ3n) is 7.75. The lowest BCUT2D eigenvalue weighted by Gasteiger charge is -2.43. The number of phenolic OH excluding ortho intramolecular Hbond substituents is 1. The summed E-state index contributed by atoms with van der Waals surface area (Å²) in [5, 5.41) is 20.1. The third kappa shape index (κ3) is 2.50. The SMILES string of the molecule is C[C@H](C(=O)O)N1C(=O)[C@@H]2[C@@H]3C[C@H]([C@H]4Sc5[nH]c(=O)sc5[C@@H](c5ccc(O)cc5)[C@H]34)[C@@H]2C1=O. The summed E-state index contributed by atoms with van der Waals surface area (Å²) in [6.07, 6.45) is 0.748. The summed E-state index contributed by atoms with van der Waals surface area (Å²) < 4.78 is 0. The number of H-pyrrole nitrogens is 1. The quantitative estimate of drug-likeness (QED) is 0.584. The molecule has 32 heavy (non-hydrogen) atoms. The molecular formula is C22H20N2O6S2. The maximum Gasteiger partial charge on any atom is 0.326 e. The number of imide groups is 1. The summed E-state index contributed by atoms with van der Waals surface area (Å²) >= 11 is 2.76. The number of aliphatic carboxylic acids is 1. The van der Waals surface area contributed by atoms with Gasteiger partial charge in [-0.2, -0.15) is 0 Å². The number of phenols is 1. The van der Waals surface area contributed by atoms with Crippen molar-refractivity contribution in [2.75, 3.05) is 0 Å². The smallest absolute Gasteiger partial charge is 0.326 e. The van der Waals surface area contributed by atoms with Crippen LogP contribution in [0, 0.1) is 29.6 Å². The standard InChI is InChI=1S/C22H20N2O6S2/c1-7(21(28)29)24-19(26)14-10-6-11(15(14)20(24)27)16-13(10)12(8-2-4-9(25)5-3-8)17-18(31-16)23-22(30)32-17/h2-5,7,10-16,25H,6H2,1H3,(H,23,30)(H,28,29)/t7-,10-,11+,12+,13+,14-,15+,16-/m1/s1. The van der Waals surface area contributed by atoms with E-state index in [1.807, 2.05) is 12.1 Å². The monoisotopic (exact) mass is 472 g/mol. The molecule has 8 nitrogen and oxygen atoms in total. The molecule has 3 N–H and O–H groups in total. The second kappa shape index (κ2) is 6.71. The normalized spacial score (nSPS) is 35.5. The zero-order chi connectivity index (χ0) is 22.5. The molecule has 0 spiro atoms. The minimum Gasteiger partial charge on any atom is -0.508 e. The first kappa shape index (κ1) is 20.0. The molecule has 2 amide bonds. The van der Waals surface area contributed by atoms with Gasteiger partial charge in [-0.05, 0) is 48.8 Å².